The zero-order chi connectivity index (χ0) is 10.2. The van der Waals surface area contributed by atoms with Gasteiger partial charge in [-0.25, -0.2) is 0 Å². The van der Waals surface area contributed by atoms with Gasteiger partial charge in [0.1, 0.15) is 5.75 Å². The lowest BCUT2D eigenvalue weighted by atomic mass is 10.1. The van der Waals surface area contributed by atoms with Crippen LogP contribution in [0, 0.1) is 0 Å². The fourth-order valence-electron chi connectivity index (χ4n) is 1.20. The van der Waals surface area contributed by atoms with E-state index in [1.54, 1.807) is 24.3 Å². The molecule has 0 saturated heterocycles. The second-order valence-electron chi connectivity index (χ2n) is 2.86. The van der Waals surface area contributed by atoms with E-state index >= 15 is 0 Å². The zero-order valence-corrected chi connectivity index (χ0v) is 9.77. The summed E-state index contributed by atoms with van der Waals surface area (Å²) in [7, 11) is 0. The average molecular weight is 266 g/mol. The molecule has 0 fully saturated rings. The van der Waals surface area contributed by atoms with Crippen LogP contribution in [0.15, 0.2) is 36.4 Å². The smallest absolute Gasteiger partial charge is 0.278 e. The Morgan fingerprint density at radius 2 is 1.87 bits per heavy atom. The summed E-state index contributed by atoms with van der Waals surface area (Å²) in [5.41, 5.74) is 0.465. The van der Waals surface area contributed by atoms with E-state index in [4.69, 9.17) is 27.9 Å². The molecular weight excluding hydrogens is 258 g/mol. The molecular formula is C10H7Cl3O2. The molecule has 1 aromatic rings. The van der Waals surface area contributed by atoms with Gasteiger partial charge in [-0.15, -0.1) is 12.4 Å². The van der Waals surface area contributed by atoms with Crippen LogP contribution in [-0.4, -0.2) is 10.3 Å². The highest BCUT2D eigenvalue weighted by atomic mass is 35.5. The van der Waals surface area contributed by atoms with Crippen molar-refractivity contribution in [3.05, 3.63) is 42.0 Å². The van der Waals surface area contributed by atoms with E-state index in [0.29, 0.717) is 11.3 Å². The number of ether oxygens (including phenoxy) is 1. The van der Waals surface area contributed by atoms with Gasteiger partial charge >= 0.3 is 0 Å². The number of carbonyl (C=O) groups excluding carboxylic acids is 1. The molecule has 0 radical (unpaired) electrons. The molecule has 0 saturated carbocycles. The number of fused-ring (bicyclic) bond motifs is 1. The quantitative estimate of drug-likeness (QED) is 0.672. The molecule has 0 atom stereocenters. The third-order valence-corrected chi connectivity index (χ3v) is 2.23. The van der Waals surface area contributed by atoms with Crippen molar-refractivity contribution in [1.29, 1.82) is 0 Å². The maximum absolute atomic E-state index is 11.5. The molecule has 1 aromatic carbocycles. The van der Waals surface area contributed by atoms with Crippen molar-refractivity contribution in [2.45, 2.75) is 4.52 Å². The first-order valence-corrected chi connectivity index (χ1v) is 4.73. The van der Waals surface area contributed by atoms with Crippen LogP contribution in [0.4, 0.5) is 0 Å². The fraction of sp³-hybridized carbons (Fsp3) is 0.100. The van der Waals surface area contributed by atoms with Gasteiger partial charge in [0.15, 0.2) is 5.78 Å². The predicted octanol–water partition coefficient (Wildman–Crippen LogP) is 3.37. The third-order valence-electron chi connectivity index (χ3n) is 1.83. The van der Waals surface area contributed by atoms with E-state index in [1.165, 1.54) is 12.2 Å². The maximum Gasteiger partial charge on any atom is 0.278 e. The summed E-state index contributed by atoms with van der Waals surface area (Å²) in [4.78, 5) is 11.5. The molecule has 1 heterocycles. The Labute approximate surface area is 103 Å². The van der Waals surface area contributed by atoms with Gasteiger partial charge < -0.3 is 4.74 Å². The Hall–Kier alpha value is -0.700. The first-order valence-electron chi connectivity index (χ1n) is 3.98. The van der Waals surface area contributed by atoms with Gasteiger partial charge in [-0.1, -0.05) is 35.3 Å². The number of rotatable bonds is 0. The topological polar surface area (TPSA) is 26.3 Å². The van der Waals surface area contributed by atoms with Crippen molar-refractivity contribution in [2.24, 2.45) is 0 Å². The largest absolute Gasteiger partial charge is 0.454 e. The molecule has 0 N–H and O–H groups in total. The SMILES string of the molecule is Cl.O=C1C=CC(Cl)(Cl)Oc2ccccc21. The van der Waals surface area contributed by atoms with E-state index in [-0.39, 0.29) is 18.2 Å². The fourth-order valence-corrected chi connectivity index (χ4v) is 1.49. The number of benzene rings is 1. The second-order valence-corrected chi connectivity index (χ2v) is 4.17. The standard InChI is InChI=1S/C10H6Cl2O2.ClH/c11-10(12)6-5-8(13)7-3-1-2-4-9(7)14-10;/h1-6H;1H. The number of halogens is 3. The Kier molecular flexibility index (Phi) is 3.66. The number of hydrogen-bond donors (Lipinski definition) is 0. The van der Waals surface area contributed by atoms with Crippen LogP contribution in [0.2, 0.25) is 0 Å². The Bertz CT molecular complexity index is 413. The van der Waals surface area contributed by atoms with Crippen molar-refractivity contribution in [2.75, 3.05) is 0 Å². The maximum atomic E-state index is 11.5. The summed E-state index contributed by atoms with van der Waals surface area (Å²) < 4.78 is 3.77. The van der Waals surface area contributed by atoms with Crippen LogP contribution in [0.1, 0.15) is 10.4 Å². The monoisotopic (exact) mass is 264 g/mol. The molecule has 0 aromatic heterocycles. The molecule has 1 aliphatic heterocycles. The second kappa shape index (κ2) is 4.44. The Morgan fingerprint density at radius 3 is 2.60 bits per heavy atom. The lowest BCUT2D eigenvalue weighted by molar-refractivity contribution is 0.104. The summed E-state index contributed by atoms with van der Waals surface area (Å²) in [5, 5.41) is 0. The lowest BCUT2D eigenvalue weighted by Crippen LogP contribution is -2.17. The number of para-hydroxylation sites is 1. The van der Waals surface area contributed by atoms with E-state index in [0.717, 1.165) is 0 Å². The minimum Gasteiger partial charge on any atom is -0.454 e. The molecule has 0 bridgehead atoms. The normalized spacial score (nSPS) is 17.1. The summed E-state index contributed by atoms with van der Waals surface area (Å²) >= 11 is 11.5. The molecule has 0 spiro atoms. The van der Waals surface area contributed by atoms with Crippen molar-refractivity contribution in [3.8, 4) is 5.75 Å². The van der Waals surface area contributed by atoms with E-state index in [1.807, 2.05) is 0 Å². The van der Waals surface area contributed by atoms with Gasteiger partial charge in [0.2, 0.25) is 0 Å². The zero-order valence-electron chi connectivity index (χ0n) is 7.44. The van der Waals surface area contributed by atoms with Gasteiger partial charge in [-0.2, -0.15) is 0 Å². The number of hydrogen-bond acceptors (Lipinski definition) is 2. The first kappa shape index (κ1) is 12.4. The molecule has 15 heavy (non-hydrogen) atoms. The molecule has 0 amide bonds. The molecule has 80 valence electrons. The van der Waals surface area contributed by atoms with Crippen LogP contribution in [0.25, 0.3) is 0 Å². The van der Waals surface area contributed by atoms with Crippen molar-refractivity contribution in [1.82, 2.24) is 0 Å². The minimum atomic E-state index is -1.47. The average Bonchev–Trinajstić information content (AvgIpc) is 2.25. The highest BCUT2D eigenvalue weighted by molar-refractivity contribution is 6.49. The molecule has 5 heteroatoms. The van der Waals surface area contributed by atoms with E-state index in [9.17, 15) is 4.79 Å². The summed E-state index contributed by atoms with van der Waals surface area (Å²) in [5.74, 6) is 0.233. The predicted molar refractivity (Wildman–Crippen MR) is 62.2 cm³/mol. The highest BCUT2D eigenvalue weighted by Crippen LogP contribution is 2.32. The van der Waals surface area contributed by atoms with Gasteiger partial charge in [-0.3, -0.25) is 4.79 Å². The van der Waals surface area contributed by atoms with E-state index < -0.39 is 4.52 Å². The summed E-state index contributed by atoms with van der Waals surface area (Å²) in [6, 6.07) is 6.82. The summed E-state index contributed by atoms with van der Waals surface area (Å²) in [6.07, 6.45) is 2.63. The Balaban J connectivity index is 0.00000112. The van der Waals surface area contributed by atoms with Crippen LogP contribution in [0.5, 0.6) is 5.75 Å². The number of carbonyl (C=O) groups is 1. The molecule has 2 nitrogen and oxygen atoms in total. The Morgan fingerprint density at radius 1 is 1.20 bits per heavy atom. The molecule has 2 rings (SSSR count). The third kappa shape index (κ3) is 2.65. The van der Waals surface area contributed by atoms with Gasteiger partial charge in [0, 0.05) is 0 Å². The van der Waals surface area contributed by atoms with Crippen molar-refractivity contribution in [3.63, 3.8) is 0 Å². The van der Waals surface area contributed by atoms with Crippen LogP contribution >= 0.6 is 35.6 Å². The van der Waals surface area contributed by atoms with Crippen LogP contribution in [0.3, 0.4) is 0 Å². The molecule has 1 aliphatic rings. The number of allylic oxidation sites excluding steroid dienone is 1. The van der Waals surface area contributed by atoms with Crippen molar-refractivity contribution >= 4 is 41.4 Å². The van der Waals surface area contributed by atoms with Crippen LogP contribution < -0.4 is 4.74 Å². The van der Waals surface area contributed by atoms with Crippen molar-refractivity contribution < 1.29 is 9.53 Å². The van der Waals surface area contributed by atoms with Gasteiger partial charge in [0.25, 0.3) is 4.52 Å². The molecule has 0 unspecified atom stereocenters. The van der Waals surface area contributed by atoms with Gasteiger partial charge in [0.05, 0.1) is 5.56 Å². The number of alkyl halides is 2. The van der Waals surface area contributed by atoms with Crippen LogP contribution in [-0.2, 0) is 0 Å². The minimum absolute atomic E-state index is 0. The van der Waals surface area contributed by atoms with Gasteiger partial charge in [-0.05, 0) is 24.3 Å². The highest BCUT2D eigenvalue weighted by Gasteiger charge is 2.27. The lowest BCUT2D eigenvalue weighted by Gasteiger charge is -2.16. The number of ketones is 1. The first-order chi connectivity index (χ1) is 6.58. The van der Waals surface area contributed by atoms with E-state index in [2.05, 4.69) is 0 Å². The molecule has 0 aliphatic carbocycles. The summed E-state index contributed by atoms with van der Waals surface area (Å²) in [6.45, 7) is 0.